The number of carbonyl (C=O) groups excluding carboxylic acids is 2. The normalized spacial score (nSPS) is 10.7. The highest BCUT2D eigenvalue weighted by Gasteiger charge is 2.02. The molecule has 144 valence electrons. The number of hydrogen-bond donors (Lipinski definition) is 1. The van der Waals surface area contributed by atoms with Crippen molar-refractivity contribution in [2.45, 2.75) is 52.4 Å². The lowest BCUT2D eigenvalue weighted by Gasteiger charge is -2.05. The number of nitrogens with one attached hydrogen (secondary N) is 1. The first-order valence-corrected chi connectivity index (χ1v) is 9.50. The Morgan fingerprint density at radius 3 is 2.46 bits per heavy atom. The average Bonchev–Trinajstić information content (AvgIpc) is 2.66. The van der Waals surface area contributed by atoms with E-state index in [4.69, 9.17) is 9.47 Å². The van der Waals surface area contributed by atoms with Crippen LogP contribution in [0.3, 0.4) is 0 Å². The van der Waals surface area contributed by atoms with E-state index in [1.807, 2.05) is 24.3 Å². The molecule has 0 heterocycles. The molecule has 0 aromatic heterocycles. The molecule has 0 radical (unpaired) electrons. The minimum Gasteiger partial charge on any atom is -0.494 e. The topological polar surface area (TPSA) is 64.6 Å². The molecule has 0 unspecified atom stereocenters. The van der Waals surface area contributed by atoms with Crippen LogP contribution in [0.25, 0.3) is 6.08 Å². The lowest BCUT2D eigenvalue weighted by Crippen LogP contribution is -2.27. The minimum absolute atomic E-state index is 0.0121. The molecule has 0 spiro atoms. The molecular weight excluding hydrogens is 330 g/mol. The number of hydrogen-bond acceptors (Lipinski definition) is 4. The van der Waals surface area contributed by atoms with Crippen LogP contribution in [0.1, 0.15) is 57.9 Å². The van der Waals surface area contributed by atoms with Gasteiger partial charge in [-0.3, -0.25) is 4.79 Å². The largest absolute Gasteiger partial charge is 0.494 e. The molecule has 1 aromatic rings. The van der Waals surface area contributed by atoms with E-state index >= 15 is 0 Å². The van der Waals surface area contributed by atoms with Crippen molar-refractivity contribution >= 4 is 18.0 Å². The van der Waals surface area contributed by atoms with Crippen LogP contribution in [-0.2, 0) is 14.3 Å². The van der Waals surface area contributed by atoms with Gasteiger partial charge in [-0.25, -0.2) is 4.79 Å². The third-order valence-corrected chi connectivity index (χ3v) is 3.69. The number of ether oxygens (including phenoxy) is 2. The van der Waals surface area contributed by atoms with Crippen molar-refractivity contribution in [3.63, 3.8) is 0 Å². The third kappa shape index (κ3) is 10.5. The van der Waals surface area contributed by atoms with Crippen LogP contribution in [-0.4, -0.2) is 31.6 Å². The van der Waals surface area contributed by atoms with Gasteiger partial charge in [0.2, 0.25) is 5.91 Å². The first-order valence-electron chi connectivity index (χ1n) is 9.50. The van der Waals surface area contributed by atoms with Gasteiger partial charge in [0, 0.05) is 12.5 Å². The maximum atomic E-state index is 11.7. The van der Waals surface area contributed by atoms with E-state index < -0.39 is 5.97 Å². The summed E-state index contributed by atoms with van der Waals surface area (Å²) < 4.78 is 10.6. The molecule has 26 heavy (non-hydrogen) atoms. The van der Waals surface area contributed by atoms with E-state index in [2.05, 4.69) is 19.2 Å². The summed E-state index contributed by atoms with van der Waals surface area (Å²) in [5, 5.41) is 2.76. The highest BCUT2D eigenvalue weighted by atomic mass is 16.5. The van der Waals surface area contributed by atoms with Crippen molar-refractivity contribution in [2.75, 3.05) is 19.8 Å². The number of unbranched alkanes of at least 4 members (excludes halogenated alkanes) is 3. The number of rotatable bonds is 13. The minimum atomic E-state index is -0.423. The Bertz CT molecular complexity index is 552. The van der Waals surface area contributed by atoms with Crippen molar-refractivity contribution in [1.29, 1.82) is 0 Å². The number of esters is 1. The van der Waals surface area contributed by atoms with Crippen LogP contribution in [0.15, 0.2) is 30.3 Å². The van der Waals surface area contributed by atoms with Gasteiger partial charge in [-0.15, -0.1) is 0 Å². The van der Waals surface area contributed by atoms with Crippen LogP contribution in [0.5, 0.6) is 5.75 Å². The summed E-state index contributed by atoms with van der Waals surface area (Å²) in [4.78, 5) is 23.2. The lowest BCUT2D eigenvalue weighted by molar-refractivity contribution is -0.138. The zero-order chi connectivity index (χ0) is 19.0. The predicted molar refractivity (Wildman–Crippen MR) is 104 cm³/mol. The first-order chi connectivity index (χ1) is 12.7. The molecule has 1 amide bonds. The molecule has 1 rings (SSSR count). The molecule has 0 saturated heterocycles. The van der Waals surface area contributed by atoms with Crippen LogP contribution in [0.2, 0.25) is 0 Å². The van der Waals surface area contributed by atoms with E-state index in [1.54, 1.807) is 6.08 Å². The molecule has 0 bridgehead atoms. The molecule has 1 aromatic carbocycles. The fraction of sp³-hybridized carbons (Fsp3) is 0.524. The number of amides is 1. The Balaban J connectivity index is 2.17. The molecule has 0 aliphatic rings. The van der Waals surface area contributed by atoms with Crippen molar-refractivity contribution in [2.24, 2.45) is 0 Å². The first kappa shape index (κ1) is 21.7. The van der Waals surface area contributed by atoms with Gasteiger partial charge in [-0.2, -0.15) is 0 Å². The molecule has 0 aliphatic heterocycles. The molecule has 0 saturated carbocycles. The second-order valence-electron chi connectivity index (χ2n) is 6.08. The average molecular weight is 361 g/mol. The van der Waals surface area contributed by atoms with E-state index in [-0.39, 0.29) is 12.5 Å². The van der Waals surface area contributed by atoms with Crippen LogP contribution in [0, 0.1) is 0 Å². The lowest BCUT2D eigenvalue weighted by atomic mass is 10.1. The number of benzene rings is 1. The monoisotopic (exact) mass is 361 g/mol. The van der Waals surface area contributed by atoms with Crippen molar-refractivity contribution in [1.82, 2.24) is 5.32 Å². The standard InChI is InChI=1S/C21H31NO4/c1-3-5-6-7-8-20(23)22-15-17-26-21(24)14-11-18-9-12-19(13-10-18)25-16-4-2/h9-14H,3-8,15-17H2,1-2H3,(H,22,23)/b14-11+. The van der Waals surface area contributed by atoms with E-state index in [0.29, 0.717) is 19.6 Å². The fourth-order valence-corrected chi connectivity index (χ4v) is 2.25. The molecule has 0 aliphatic carbocycles. The van der Waals surface area contributed by atoms with Gasteiger partial charge in [-0.1, -0.05) is 45.2 Å². The Kier molecular flexibility index (Phi) is 11.6. The highest BCUT2D eigenvalue weighted by Crippen LogP contribution is 2.13. The Morgan fingerprint density at radius 2 is 1.77 bits per heavy atom. The Labute approximate surface area is 156 Å². The molecule has 5 heteroatoms. The molecule has 0 fully saturated rings. The van der Waals surface area contributed by atoms with Gasteiger partial charge in [-0.05, 0) is 36.6 Å². The van der Waals surface area contributed by atoms with Gasteiger partial charge < -0.3 is 14.8 Å². The van der Waals surface area contributed by atoms with Gasteiger partial charge in [0.15, 0.2) is 0 Å². The molecule has 1 N–H and O–H groups in total. The highest BCUT2D eigenvalue weighted by molar-refractivity contribution is 5.87. The summed E-state index contributed by atoms with van der Waals surface area (Å²) in [6.07, 6.45) is 8.87. The van der Waals surface area contributed by atoms with E-state index in [1.165, 1.54) is 6.08 Å². The summed E-state index contributed by atoms with van der Waals surface area (Å²) in [5.41, 5.74) is 0.895. The van der Waals surface area contributed by atoms with Gasteiger partial charge in [0.05, 0.1) is 13.2 Å². The maximum absolute atomic E-state index is 11.7. The summed E-state index contributed by atoms with van der Waals surface area (Å²) >= 11 is 0. The third-order valence-electron chi connectivity index (χ3n) is 3.69. The summed E-state index contributed by atoms with van der Waals surface area (Å²) in [7, 11) is 0. The van der Waals surface area contributed by atoms with Gasteiger partial charge in [0.1, 0.15) is 12.4 Å². The number of carbonyl (C=O) groups is 2. The maximum Gasteiger partial charge on any atom is 0.330 e. The van der Waals surface area contributed by atoms with Crippen LogP contribution < -0.4 is 10.1 Å². The fourth-order valence-electron chi connectivity index (χ4n) is 2.25. The molecule has 5 nitrogen and oxygen atoms in total. The van der Waals surface area contributed by atoms with Crippen LogP contribution >= 0.6 is 0 Å². The van der Waals surface area contributed by atoms with Crippen molar-refractivity contribution in [3.8, 4) is 5.75 Å². The van der Waals surface area contributed by atoms with Crippen LogP contribution in [0.4, 0.5) is 0 Å². The Morgan fingerprint density at radius 1 is 1.00 bits per heavy atom. The SMILES string of the molecule is CCCCCCC(=O)NCCOC(=O)/C=C/c1ccc(OCCC)cc1. The summed E-state index contributed by atoms with van der Waals surface area (Å²) in [5.74, 6) is 0.406. The summed E-state index contributed by atoms with van der Waals surface area (Å²) in [6, 6.07) is 7.51. The van der Waals surface area contributed by atoms with Crippen molar-refractivity contribution < 1.29 is 19.1 Å². The zero-order valence-corrected chi connectivity index (χ0v) is 16.0. The quantitative estimate of drug-likeness (QED) is 0.326. The Hall–Kier alpha value is -2.30. The second kappa shape index (κ2) is 13.9. The van der Waals surface area contributed by atoms with E-state index in [9.17, 15) is 9.59 Å². The molecular formula is C21H31NO4. The zero-order valence-electron chi connectivity index (χ0n) is 16.0. The molecule has 0 atom stereocenters. The van der Waals surface area contributed by atoms with Crippen molar-refractivity contribution in [3.05, 3.63) is 35.9 Å². The van der Waals surface area contributed by atoms with Gasteiger partial charge in [0.25, 0.3) is 0 Å². The second-order valence-corrected chi connectivity index (χ2v) is 6.08. The summed E-state index contributed by atoms with van der Waals surface area (Å²) in [6.45, 7) is 5.40. The van der Waals surface area contributed by atoms with E-state index in [0.717, 1.165) is 43.4 Å². The predicted octanol–water partition coefficient (Wildman–Crippen LogP) is 4.12. The smallest absolute Gasteiger partial charge is 0.330 e. The van der Waals surface area contributed by atoms with Gasteiger partial charge >= 0.3 is 5.97 Å².